The minimum Gasteiger partial charge on any atom is -0.493 e. The summed E-state index contributed by atoms with van der Waals surface area (Å²) in [5, 5.41) is 9.14. The van der Waals surface area contributed by atoms with Gasteiger partial charge in [-0.2, -0.15) is 0 Å². The Balaban J connectivity index is 1.83. The normalized spacial score (nSPS) is 21.6. The summed E-state index contributed by atoms with van der Waals surface area (Å²) in [4.78, 5) is 4.09. The molecule has 0 spiro atoms. The molecule has 19 heavy (non-hydrogen) atoms. The van der Waals surface area contributed by atoms with Gasteiger partial charge in [0.05, 0.1) is 31.6 Å². The lowest BCUT2D eigenvalue weighted by Gasteiger charge is -2.17. The minimum absolute atomic E-state index is 0.0726. The number of nitrogens with zero attached hydrogens (tertiary/aromatic N) is 1. The predicted octanol–water partition coefficient (Wildman–Crippen LogP) is 1.80. The number of hydrogen-bond donors (Lipinski definition) is 1. The molecule has 1 aliphatic rings. The fourth-order valence-corrected chi connectivity index (χ4v) is 2.08. The molecule has 106 valence electrons. The Bertz CT molecular complexity index is 433. The van der Waals surface area contributed by atoms with Crippen molar-refractivity contribution in [1.29, 1.82) is 0 Å². The second kappa shape index (κ2) is 5.86. The number of aromatic nitrogens is 1. The summed E-state index contributed by atoms with van der Waals surface area (Å²) >= 11 is 0. The standard InChI is InChI=1S/C14H21NO4/c1-10-12(8-16)15-6-4-13(10)17-7-5-11-9-18-14(2,3)19-11/h4,6,11,16H,5,7-9H2,1-3H3. The molecule has 1 saturated heterocycles. The molecule has 1 aromatic heterocycles. The van der Waals surface area contributed by atoms with Crippen LogP contribution in [0.5, 0.6) is 5.75 Å². The SMILES string of the molecule is Cc1c(OCCC2COC(C)(C)O2)ccnc1CO. The van der Waals surface area contributed by atoms with Gasteiger partial charge in [0.15, 0.2) is 5.79 Å². The maximum Gasteiger partial charge on any atom is 0.163 e. The van der Waals surface area contributed by atoms with Crippen LogP contribution in [0.1, 0.15) is 31.5 Å². The van der Waals surface area contributed by atoms with Crippen molar-refractivity contribution in [2.45, 2.75) is 45.7 Å². The van der Waals surface area contributed by atoms with Gasteiger partial charge in [-0.25, -0.2) is 0 Å². The zero-order valence-electron chi connectivity index (χ0n) is 11.7. The van der Waals surface area contributed by atoms with Crippen molar-refractivity contribution in [1.82, 2.24) is 4.98 Å². The second-order valence-corrected chi connectivity index (χ2v) is 5.13. The van der Waals surface area contributed by atoms with Crippen LogP contribution >= 0.6 is 0 Å². The summed E-state index contributed by atoms with van der Waals surface area (Å²) in [6.45, 7) is 6.80. The zero-order chi connectivity index (χ0) is 13.9. The average Bonchev–Trinajstić information content (AvgIpc) is 2.71. The lowest BCUT2D eigenvalue weighted by atomic mass is 10.2. The zero-order valence-corrected chi connectivity index (χ0v) is 11.7. The molecule has 2 heterocycles. The van der Waals surface area contributed by atoms with E-state index in [1.165, 1.54) is 0 Å². The summed E-state index contributed by atoms with van der Waals surface area (Å²) in [5.41, 5.74) is 1.54. The number of rotatable bonds is 5. The van der Waals surface area contributed by atoms with Gasteiger partial charge in [-0.3, -0.25) is 4.98 Å². The van der Waals surface area contributed by atoms with E-state index in [0.29, 0.717) is 18.9 Å². The lowest BCUT2D eigenvalue weighted by Crippen LogP contribution is -2.22. The quantitative estimate of drug-likeness (QED) is 0.881. The van der Waals surface area contributed by atoms with Gasteiger partial charge in [0, 0.05) is 18.2 Å². The van der Waals surface area contributed by atoms with Crippen molar-refractivity contribution in [2.75, 3.05) is 13.2 Å². The predicted molar refractivity (Wildman–Crippen MR) is 69.9 cm³/mol. The van der Waals surface area contributed by atoms with E-state index < -0.39 is 5.79 Å². The number of aliphatic hydroxyl groups excluding tert-OH is 1. The first-order valence-corrected chi connectivity index (χ1v) is 6.52. The monoisotopic (exact) mass is 267 g/mol. The number of pyridine rings is 1. The van der Waals surface area contributed by atoms with E-state index in [0.717, 1.165) is 17.7 Å². The Labute approximate surface area is 113 Å². The van der Waals surface area contributed by atoms with Gasteiger partial charge in [-0.1, -0.05) is 0 Å². The highest BCUT2D eigenvalue weighted by Gasteiger charge is 2.32. The van der Waals surface area contributed by atoms with Crippen molar-refractivity contribution in [2.24, 2.45) is 0 Å². The number of aliphatic hydroxyl groups is 1. The third-order valence-electron chi connectivity index (χ3n) is 3.17. The smallest absolute Gasteiger partial charge is 0.163 e. The molecule has 1 unspecified atom stereocenters. The van der Waals surface area contributed by atoms with Crippen LogP contribution in [-0.4, -0.2) is 35.2 Å². The van der Waals surface area contributed by atoms with Gasteiger partial charge < -0.3 is 19.3 Å². The molecule has 2 rings (SSSR count). The molecule has 0 bridgehead atoms. The van der Waals surface area contributed by atoms with Crippen LogP contribution in [0.15, 0.2) is 12.3 Å². The van der Waals surface area contributed by atoms with E-state index in [2.05, 4.69) is 4.98 Å². The van der Waals surface area contributed by atoms with Crippen molar-refractivity contribution in [3.63, 3.8) is 0 Å². The molecule has 1 aromatic rings. The van der Waals surface area contributed by atoms with Crippen LogP contribution in [0.4, 0.5) is 0 Å². The van der Waals surface area contributed by atoms with Crippen molar-refractivity contribution in [3.05, 3.63) is 23.5 Å². The van der Waals surface area contributed by atoms with E-state index in [9.17, 15) is 0 Å². The fraction of sp³-hybridized carbons (Fsp3) is 0.643. The van der Waals surface area contributed by atoms with Crippen molar-refractivity contribution < 1.29 is 19.3 Å². The van der Waals surface area contributed by atoms with Crippen molar-refractivity contribution >= 4 is 0 Å². The Morgan fingerprint density at radius 2 is 2.32 bits per heavy atom. The number of hydrogen-bond acceptors (Lipinski definition) is 5. The second-order valence-electron chi connectivity index (χ2n) is 5.13. The van der Waals surface area contributed by atoms with Crippen LogP contribution in [0.25, 0.3) is 0 Å². The van der Waals surface area contributed by atoms with Gasteiger partial charge in [-0.05, 0) is 26.8 Å². The highest BCUT2D eigenvalue weighted by molar-refractivity contribution is 5.34. The first-order chi connectivity index (χ1) is 9.02. The van der Waals surface area contributed by atoms with E-state index in [4.69, 9.17) is 19.3 Å². The molecule has 0 aromatic carbocycles. The van der Waals surface area contributed by atoms with E-state index in [1.807, 2.05) is 26.8 Å². The van der Waals surface area contributed by atoms with Gasteiger partial charge in [-0.15, -0.1) is 0 Å². The first kappa shape index (κ1) is 14.2. The van der Waals surface area contributed by atoms with Crippen LogP contribution < -0.4 is 4.74 Å². The van der Waals surface area contributed by atoms with Crippen molar-refractivity contribution in [3.8, 4) is 5.75 Å². The topological polar surface area (TPSA) is 60.8 Å². The Morgan fingerprint density at radius 1 is 1.53 bits per heavy atom. The largest absolute Gasteiger partial charge is 0.493 e. The van der Waals surface area contributed by atoms with Crippen LogP contribution in [0.2, 0.25) is 0 Å². The Kier molecular flexibility index (Phi) is 4.39. The van der Waals surface area contributed by atoms with Gasteiger partial charge in [0.1, 0.15) is 5.75 Å². The molecule has 1 atom stereocenters. The molecule has 0 radical (unpaired) electrons. The van der Waals surface area contributed by atoms with E-state index >= 15 is 0 Å². The van der Waals surface area contributed by atoms with Crippen LogP contribution in [0.3, 0.4) is 0 Å². The molecule has 1 aliphatic heterocycles. The maximum atomic E-state index is 9.14. The Hall–Kier alpha value is -1.17. The van der Waals surface area contributed by atoms with Crippen LogP contribution in [-0.2, 0) is 16.1 Å². The van der Waals surface area contributed by atoms with Gasteiger partial charge >= 0.3 is 0 Å². The summed E-state index contributed by atoms with van der Waals surface area (Å²) in [6.07, 6.45) is 2.50. The minimum atomic E-state index is -0.485. The summed E-state index contributed by atoms with van der Waals surface area (Å²) < 4.78 is 16.9. The average molecular weight is 267 g/mol. The van der Waals surface area contributed by atoms with E-state index in [1.54, 1.807) is 6.20 Å². The Morgan fingerprint density at radius 3 is 2.95 bits per heavy atom. The highest BCUT2D eigenvalue weighted by Crippen LogP contribution is 2.25. The summed E-state index contributed by atoms with van der Waals surface area (Å²) in [6, 6.07) is 1.81. The third kappa shape index (κ3) is 3.65. The molecule has 5 heteroatoms. The molecule has 1 fully saturated rings. The molecular weight excluding hydrogens is 246 g/mol. The van der Waals surface area contributed by atoms with Gasteiger partial charge in [0.2, 0.25) is 0 Å². The molecule has 5 nitrogen and oxygen atoms in total. The lowest BCUT2D eigenvalue weighted by molar-refractivity contribution is -0.139. The molecule has 0 amide bonds. The highest BCUT2D eigenvalue weighted by atomic mass is 16.7. The first-order valence-electron chi connectivity index (χ1n) is 6.52. The number of ether oxygens (including phenoxy) is 3. The molecule has 0 aliphatic carbocycles. The summed E-state index contributed by atoms with van der Waals surface area (Å²) in [7, 11) is 0. The fourth-order valence-electron chi connectivity index (χ4n) is 2.08. The van der Waals surface area contributed by atoms with Crippen LogP contribution in [0, 0.1) is 6.92 Å². The maximum absolute atomic E-state index is 9.14. The molecule has 1 N–H and O–H groups in total. The third-order valence-corrected chi connectivity index (χ3v) is 3.17. The molecular formula is C14H21NO4. The van der Waals surface area contributed by atoms with E-state index in [-0.39, 0.29) is 12.7 Å². The summed E-state index contributed by atoms with van der Waals surface area (Å²) in [5.74, 6) is 0.277. The molecule has 0 saturated carbocycles. The van der Waals surface area contributed by atoms with Gasteiger partial charge in [0.25, 0.3) is 0 Å².